The van der Waals surface area contributed by atoms with Crippen molar-refractivity contribution in [2.45, 2.75) is 19.8 Å². The van der Waals surface area contributed by atoms with Crippen molar-refractivity contribution in [3.8, 4) is 5.75 Å². The molecule has 1 aromatic rings. The molecule has 0 saturated carbocycles. The van der Waals surface area contributed by atoms with Gasteiger partial charge in [-0.3, -0.25) is 9.59 Å². The van der Waals surface area contributed by atoms with Crippen molar-refractivity contribution in [2.24, 2.45) is 0 Å². The van der Waals surface area contributed by atoms with E-state index in [1.54, 1.807) is 12.0 Å². The highest BCUT2D eigenvalue weighted by atomic mass is 16.5. The largest absolute Gasteiger partial charge is 0.495 e. The fourth-order valence-electron chi connectivity index (χ4n) is 1.98. The lowest BCUT2D eigenvalue weighted by Gasteiger charge is -2.27. The third-order valence-electron chi connectivity index (χ3n) is 2.89. The highest BCUT2D eigenvalue weighted by Gasteiger charge is 2.26. The molecule has 1 heterocycles. The van der Waals surface area contributed by atoms with Crippen molar-refractivity contribution in [3.63, 3.8) is 0 Å². The Labute approximate surface area is 100 Å². The summed E-state index contributed by atoms with van der Waals surface area (Å²) in [5.74, 6) is 0.529. The van der Waals surface area contributed by atoms with Crippen LogP contribution in [0, 0.1) is 6.92 Å². The average molecular weight is 233 g/mol. The van der Waals surface area contributed by atoms with Gasteiger partial charge in [-0.1, -0.05) is 6.07 Å². The van der Waals surface area contributed by atoms with Crippen LogP contribution in [0.15, 0.2) is 18.2 Å². The van der Waals surface area contributed by atoms with Crippen molar-refractivity contribution in [1.29, 1.82) is 0 Å². The predicted molar refractivity (Wildman–Crippen MR) is 64.3 cm³/mol. The van der Waals surface area contributed by atoms with E-state index in [0.717, 1.165) is 11.3 Å². The molecule has 0 bridgehead atoms. The molecule has 4 nitrogen and oxygen atoms in total. The molecule has 2 rings (SSSR count). The molecule has 90 valence electrons. The van der Waals surface area contributed by atoms with Gasteiger partial charge < -0.3 is 9.64 Å². The van der Waals surface area contributed by atoms with Gasteiger partial charge in [-0.2, -0.15) is 0 Å². The molecule has 1 fully saturated rings. The summed E-state index contributed by atoms with van der Waals surface area (Å²) in [6.07, 6.45) is 0.417. The van der Waals surface area contributed by atoms with E-state index in [2.05, 4.69) is 0 Å². The first-order valence-electron chi connectivity index (χ1n) is 5.58. The number of nitrogens with zero attached hydrogens (tertiary/aromatic N) is 1. The summed E-state index contributed by atoms with van der Waals surface area (Å²) in [5.41, 5.74) is 1.82. The third kappa shape index (κ3) is 2.30. The van der Waals surface area contributed by atoms with Crippen LogP contribution in [0.3, 0.4) is 0 Å². The molecule has 0 N–H and O–H groups in total. The molecule has 0 aromatic heterocycles. The van der Waals surface area contributed by atoms with Gasteiger partial charge in [0.25, 0.3) is 0 Å². The van der Waals surface area contributed by atoms with Gasteiger partial charge in [-0.25, -0.2) is 0 Å². The van der Waals surface area contributed by atoms with Crippen molar-refractivity contribution in [1.82, 2.24) is 0 Å². The second-order valence-electron chi connectivity index (χ2n) is 4.19. The minimum absolute atomic E-state index is 0.00288. The van der Waals surface area contributed by atoms with Crippen LogP contribution in [-0.4, -0.2) is 25.3 Å². The molecule has 4 heteroatoms. The fourth-order valence-corrected chi connectivity index (χ4v) is 1.98. The van der Waals surface area contributed by atoms with Gasteiger partial charge in [0.15, 0.2) is 0 Å². The molecule has 0 unspecified atom stereocenters. The Hall–Kier alpha value is -1.84. The van der Waals surface area contributed by atoms with E-state index in [1.807, 2.05) is 25.1 Å². The van der Waals surface area contributed by atoms with Crippen LogP contribution in [-0.2, 0) is 9.59 Å². The van der Waals surface area contributed by atoms with E-state index < -0.39 is 0 Å². The number of ketones is 1. The number of aryl methyl sites for hydroxylation is 1. The number of carbonyl (C=O) groups is 2. The number of piperidine rings is 1. The maximum Gasteiger partial charge on any atom is 0.234 e. The van der Waals surface area contributed by atoms with Gasteiger partial charge >= 0.3 is 0 Å². The Morgan fingerprint density at radius 2 is 2.06 bits per heavy atom. The Balaban J connectivity index is 2.35. The van der Waals surface area contributed by atoms with Crippen LogP contribution in [0.2, 0.25) is 0 Å². The van der Waals surface area contributed by atoms with E-state index in [9.17, 15) is 9.59 Å². The molecule has 0 atom stereocenters. The first-order chi connectivity index (χ1) is 8.11. The van der Waals surface area contributed by atoms with E-state index >= 15 is 0 Å². The van der Waals surface area contributed by atoms with E-state index in [0.29, 0.717) is 18.7 Å². The molecule has 0 radical (unpaired) electrons. The first-order valence-corrected chi connectivity index (χ1v) is 5.58. The van der Waals surface area contributed by atoms with Crippen molar-refractivity contribution in [3.05, 3.63) is 23.8 Å². The summed E-state index contributed by atoms with van der Waals surface area (Å²) in [6, 6.07) is 5.68. The van der Waals surface area contributed by atoms with Crippen LogP contribution in [0.25, 0.3) is 0 Å². The van der Waals surface area contributed by atoms with Gasteiger partial charge in [-0.15, -0.1) is 0 Å². The number of ether oxygens (including phenoxy) is 1. The quantitative estimate of drug-likeness (QED) is 0.730. The lowest BCUT2D eigenvalue weighted by molar-refractivity contribution is -0.128. The van der Waals surface area contributed by atoms with Crippen LogP contribution in [0.5, 0.6) is 5.75 Å². The second-order valence-corrected chi connectivity index (χ2v) is 4.19. The maximum atomic E-state index is 11.8. The number of carbonyl (C=O) groups excluding carboxylic acids is 2. The third-order valence-corrected chi connectivity index (χ3v) is 2.89. The molecule has 1 aromatic carbocycles. The lowest BCUT2D eigenvalue weighted by Crippen LogP contribution is -2.39. The zero-order valence-corrected chi connectivity index (χ0v) is 10.0. The molecule has 0 aliphatic carbocycles. The summed E-state index contributed by atoms with van der Waals surface area (Å²) < 4.78 is 5.25. The Morgan fingerprint density at radius 1 is 1.29 bits per heavy atom. The molecular formula is C13H15NO3. The Bertz CT molecular complexity index is 468. The minimum atomic E-state index is -0.148. The van der Waals surface area contributed by atoms with E-state index in [4.69, 9.17) is 4.74 Å². The number of rotatable bonds is 2. The number of Topliss-reactive ketones (excluding diaryl/α,β-unsaturated/α-hetero) is 1. The number of hydrogen-bond donors (Lipinski definition) is 0. The van der Waals surface area contributed by atoms with Crippen molar-refractivity contribution in [2.75, 3.05) is 18.6 Å². The lowest BCUT2D eigenvalue weighted by atomic mass is 10.1. The molecule has 1 aliphatic heterocycles. The van der Waals surface area contributed by atoms with Crippen molar-refractivity contribution < 1.29 is 14.3 Å². The monoisotopic (exact) mass is 233 g/mol. The summed E-state index contributed by atoms with van der Waals surface area (Å²) in [4.78, 5) is 24.7. The van der Waals surface area contributed by atoms with Crippen LogP contribution < -0.4 is 9.64 Å². The van der Waals surface area contributed by atoms with Crippen LogP contribution in [0.4, 0.5) is 5.69 Å². The number of benzene rings is 1. The second kappa shape index (κ2) is 4.57. The number of methoxy groups -OCH3 is 1. The molecule has 1 saturated heterocycles. The smallest absolute Gasteiger partial charge is 0.234 e. The van der Waals surface area contributed by atoms with Gasteiger partial charge in [-0.05, 0) is 24.6 Å². The summed E-state index contributed by atoms with van der Waals surface area (Å²) in [6.45, 7) is 2.40. The van der Waals surface area contributed by atoms with E-state index in [-0.39, 0.29) is 18.1 Å². The van der Waals surface area contributed by atoms with E-state index in [1.165, 1.54) is 0 Å². The first kappa shape index (κ1) is 11.6. The summed E-state index contributed by atoms with van der Waals surface area (Å²) >= 11 is 0. The zero-order valence-electron chi connectivity index (χ0n) is 10.0. The fraction of sp³-hybridized carbons (Fsp3) is 0.385. The van der Waals surface area contributed by atoms with Crippen molar-refractivity contribution >= 4 is 17.4 Å². The van der Waals surface area contributed by atoms with Gasteiger partial charge in [0.05, 0.1) is 19.2 Å². The SMILES string of the molecule is COc1ccc(C)cc1N1CCC(=O)CC1=O. The standard InChI is InChI=1S/C13H15NO3/c1-9-3-4-12(17-2)11(7-9)14-6-5-10(15)8-13(14)16/h3-4,7H,5-6,8H2,1-2H3. The molecule has 0 spiro atoms. The van der Waals surface area contributed by atoms with Crippen LogP contribution >= 0.6 is 0 Å². The summed E-state index contributed by atoms with van der Waals surface area (Å²) in [7, 11) is 1.58. The molecule has 1 aliphatic rings. The van der Waals surface area contributed by atoms with Gasteiger partial charge in [0.2, 0.25) is 5.91 Å². The Kier molecular flexibility index (Phi) is 3.13. The molecule has 17 heavy (non-hydrogen) atoms. The zero-order chi connectivity index (χ0) is 12.4. The predicted octanol–water partition coefficient (Wildman–Crippen LogP) is 1.70. The Morgan fingerprint density at radius 3 is 2.71 bits per heavy atom. The average Bonchev–Trinajstić information content (AvgIpc) is 2.29. The highest BCUT2D eigenvalue weighted by Crippen LogP contribution is 2.31. The number of amides is 1. The summed E-state index contributed by atoms with van der Waals surface area (Å²) in [5, 5.41) is 0. The normalized spacial score (nSPS) is 16.2. The molecule has 1 amide bonds. The number of hydrogen-bond acceptors (Lipinski definition) is 3. The molecular weight excluding hydrogens is 218 g/mol. The topological polar surface area (TPSA) is 46.6 Å². The maximum absolute atomic E-state index is 11.8. The minimum Gasteiger partial charge on any atom is -0.495 e. The highest BCUT2D eigenvalue weighted by molar-refractivity contribution is 6.09. The number of anilines is 1. The van der Waals surface area contributed by atoms with Gasteiger partial charge in [0.1, 0.15) is 11.5 Å². The van der Waals surface area contributed by atoms with Gasteiger partial charge in [0, 0.05) is 13.0 Å². The van der Waals surface area contributed by atoms with Crippen LogP contribution in [0.1, 0.15) is 18.4 Å².